The number of amides is 2. The topological polar surface area (TPSA) is 65.5 Å². The van der Waals surface area contributed by atoms with Crippen LogP contribution in [0, 0.1) is 0 Å². The minimum absolute atomic E-state index is 0.0573. The first-order valence-electron chi connectivity index (χ1n) is 6.70. The van der Waals surface area contributed by atoms with Crippen LogP contribution in [0.1, 0.15) is 32.4 Å². The Hall–Kier alpha value is -1.62. The van der Waals surface area contributed by atoms with Gasteiger partial charge in [-0.2, -0.15) is 0 Å². The monoisotopic (exact) mass is 263 g/mol. The van der Waals surface area contributed by atoms with Crippen LogP contribution >= 0.6 is 0 Å². The lowest BCUT2D eigenvalue weighted by Crippen LogP contribution is -2.50. The maximum atomic E-state index is 11.9. The Morgan fingerprint density at radius 2 is 2.11 bits per heavy atom. The summed E-state index contributed by atoms with van der Waals surface area (Å²) in [5, 5.41) is 13.5. The van der Waals surface area contributed by atoms with Crippen LogP contribution in [0.4, 0.5) is 4.79 Å². The Kier molecular flexibility index (Phi) is 4.04. The number of carbonyl (C=O) groups excluding carboxylic acids is 1. The maximum Gasteiger partial charge on any atom is 0.317 e. The van der Waals surface area contributed by atoms with E-state index in [2.05, 4.69) is 10.3 Å². The van der Waals surface area contributed by atoms with E-state index in [9.17, 15) is 9.90 Å². The molecule has 0 unspecified atom stereocenters. The van der Waals surface area contributed by atoms with Gasteiger partial charge < -0.3 is 15.3 Å². The van der Waals surface area contributed by atoms with Crippen molar-refractivity contribution in [3.63, 3.8) is 0 Å². The van der Waals surface area contributed by atoms with Gasteiger partial charge in [0.15, 0.2) is 0 Å². The Balaban J connectivity index is 1.97. The molecular weight excluding hydrogens is 242 g/mol. The molecule has 0 atom stereocenters. The number of aliphatic hydroxyl groups is 1. The first-order valence-corrected chi connectivity index (χ1v) is 6.70. The summed E-state index contributed by atoms with van der Waals surface area (Å²) >= 11 is 0. The number of aromatic nitrogens is 1. The molecule has 0 saturated carbocycles. The van der Waals surface area contributed by atoms with Gasteiger partial charge in [0.25, 0.3) is 0 Å². The van der Waals surface area contributed by atoms with Gasteiger partial charge in [-0.05, 0) is 38.8 Å². The summed E-state index contributed by atoms with van der Waals surface area (Å²) in [4.78, 5) is 17.8. The van der Waals surface area contributed by atoms with E-state index in [1.54, 1.807) is 11.1 Å². The zero-order valence-corrected chi connectivity index (χ0v) is 11.5. The van der Waals surface area contributed by atoms with Crippen LogP contribution in [0.5, 0.6) is 0 Å². The Morgan fingerprint density at radius 3 is 2.63 bits per heavy atom. The number of rotatable bonds is 2. The lowest BCUT2D eigenvalue weighted by Gasteiger charge is -2.38. The highest BCUT2D eigenvalue weighted by atomic mass is 16.3. The van der Waals surface area contributed by atoms with Gasteiger partial charge in [0, 0.05) is 25.3 Å². The second-order valence-electron chi connectivity index (χ2n) is 5.34. The van der Waals surface area contributed by atoms with Gasteiger partial charge in [0.05, 0.1) is 5.69 Å². The lowest BCUT2D eigenvalue weighted by atomic mass is 9.88. The van der Waals surface area contributed by atoms with Crippen LogP contribution in [-0.4, -0.2) is 40.2 Å². The molecule has 5 nitrogen and oxygen atoms in total. The average Bonchev–Trinajstić information content (AvgIpc) is 2.40. The van der Waals surface area contributed by atoms with Gasteiger partial charge >= 0.3 is 6.03 Å². The van der Waals surface area contributed by atoms with Gasteiger partial charge in [-0.25, -0.2) is 4.79 Å². The van der Waals surface area contributed by atoms with E-state index >= 15 is 0 Å². The van der Waals surface area contributed by atoms with Crippen LogP contribution in [0.15, 0.2) is 24.4 Å². The molecule has 1 aromatic rings. The summed E-state index contributed by atoms with van der Waals surface area (Å²) in [5.74, 6) is 0. The van der Waals surface area contributed by atoms with Gasteiger partial charge in [-0.1, -0.05) is 6.07 Å². The smallest absolute Gasteiger partial charge is 0.317 e. The summed E-state index contributed by atoms with van der Waals surface area (Å²) in [7, 11) is 0. The van der Waals surface area contributed by atoms with Crippen molar-refractivity contribution in [3.8, 4) is 0 Å². The fourth-order valence-corrected chi connectivity index (χ4v) is 2.31. The SMILES string of the molecule is CC(C)NC(=O)N1CCC(O)(c2ccccn2)CC1. The number of likely N-dealkylation sites (tertiary alicyclic amines) is 1. The molecule has 0 aliphatic carbocycles. The highest BCUT2D eigenvalue weighted by molar-refractivity contribution is 5.74. The van der Waals surface area contributed by atoms with E-state index in [0.717, 1.165) is 0 Å². The first kappa shape index (κ1) is 13.8. The van der Waals surface area contributed by atoms with E-state index < -0.39 is 5.60 Å². The fraction of sp³-hybridized carbons (Fsp3) is 0.571. The fourth-order valence-electron chi connectivity index (χ4n) is 2.31. The molecule has 0 aromatic carbocycles. The molecular formula is C14H21N3O2. The Bertz CT molecular complexity index is 426. The normalized spacial score (nSPS) is 18.4. The van der Waals surface area contributed by atoms with Crippen molar-refractivity contribution < 1.29 is 9.90 Å². The van der Waals surface area contributed by atoms with E-state index in [0.29, 0.717) is 31.6 Å². The molecule has 19 heavy (non-hydrogen) atoms. The van der Waals surface area contributed by atoms with Crippen LogP contribution in [-0.2, 0) is 5.60 Å². The van der Waals surface area contributed by atoms with Crippen LogP contribution in [0.25, 0.3) is 0 Å². The van der Waals surface area contributed by atoms with Gasteiger partial charge in [0.1, 0.15) is 5.60 Å². The third-order valence-electron chi connectivity index (χ3n) is 3.43. The van der Waals surface area contributed by atoms with Gasteiger partial charge in [-0.3, -0.25) is 4.98 Å². The quantitative estimate of drug-likeness (QED) is 0.849. The molecule has 2 heterocycles. The maximum absolute atomic E-state index is 11.9. The molecule has 5 heteroatoms. The second-order valence-corrected chi connectivity index (χ2v) is 5.34. The molecule has 2 rings (SSSR count). The van der Waals surface area contributed by atoms with Crippen molar-refractivity contribution in [2.45, 2.75) is 38.3 Å². The summed E-state index contributed by atoms with van der Waals surface area (Å²) in [6.45, 7) is 4.97. The molecule has 2 N–H and O–H groups in total. The van der Waals surface area contributed by atoms with Crippen molar-refractivity contribution in [1.82, 2.24) is 15.2 Å². The number of hydrogen-bond donors (Lipinski definition) is 2. The van der Waals surface area contributed by atoms with E-state index in [1.165, 1.54) is 0 Å². The molecule has 1 aromatic heterocycles. The third-order valence-corrected chi connectivity index (χ3v) is 3.43. The number of nitrogens with zero attached hydrogens (tertiary/aromatic N) is 2. The van der Waals surface area contributed by atoms with E-state index in [4.69, 9.17) is 0 Å². The molecule has 1 aliphatic rings. The first-order chi connectivity index (χ1) is 9.01. The predicted octanol–water partition coefficient (Wildman–Crippen LogP) is 1.48. The zero-order chi connectivity index (χ0) is 13.9. The summed E-state index contributed by atoms with van der Waals surface area (Å²) in [6, 6.07) is 5.61. The largest absolute Gasteiger partial charge is 0.383 e. The van der Waals surface area contributed by atoms with Crippen molar-refractivity contribution >= 4 is 6.03 Å². The molecule has 0 spiro atoms. The lowest BCUT2D eigenvalue weighted by molar-refractivity contribution is -0.0204. The van der Waals surface area contributed by atoms with Crippen LogP contribution in [0.3, 0.4) is 0 Å². The molecule has 0 radical (unpaired) electrons. The molecule has 0 bridgehead atoms. The Labute approximate surface area is 113 Å². The third kappa shape index (κ3) is 3.23. The van der Waals surface area contributed by atoms with E-state index in [1.807, 2.05) is 32.0 Å². The number of pyridine rings is 1. The molecule has 2 amide bonds. The summed E-state index contributed by atoms with van der Waals surface area (Å²) < 4.78 is 0. The minimum Gasteiger partial charge on any atom is -0.383 e. The molecule has 1 aliphatic heterocycles. The highest BCUT2D eigenvalue weighted by Crippen LogP contribution is 2.31. The average molecular weight is 263 g/mol. The van der Waals surface area contributed by atoms with Crippen molar-refractivity contribution in [3.05, 3.63) is 30.1 Å². The summed E-state index contributed by atoms with van der Waals surface area (Å²) in [5.41, 5.74) is -0.213. The van der Waals surface area contributed by atoms with Gasteiger partial charge in [-0.15, -0.1) is 0 Å². The number of urea groups is 1. The molecule has 1 fully saturated rings. The molecule has 104 valence electrons. The summed E-state index contributed by atoms with van der Waals surface area (Å²) in [6.07, 6.45) is 2.73. The van der Waals surface area contributed by atoms with Crippen LogP contribution < -0.4 is 5.32 Å². The van der Waals surface area contributed by atoms with E-state index in [-0.39, 0.29) is 12.1 Å². The zero-order valence-electron chi connectivity index (χ0n) is 11.5. The number of hydrogen-bond acceptors (Lipinski definition) is 3. The number of carbonyl (C=O) groups is 1. The standard InChI is InChI=1S/C14H21N3O2/c1-11(2)16-13(18)17-9-6-14(19,7-10-17)12-5-3-4-8-15-12/h3-5,8,11,19H,6-7,9-10H2,1-2H3,(H,16,18). The number of nitrogens with one attached hydrogen (secondary N) is 1. The van der Waals surface area contributed by atoms with Crippen molar-refractivity contribution in [2.75, 3.05) is 13.1 Å². The predicted molar refractivity (Wildman–Crippen MR) is 72.6 cm³/mol. The van der Waals surface area contributed by atoms with Crippen LogP contribution in [0.2, 0.25) is 0 Å². The van der Waals surface area contributed by atoms with Crippen molar-refractivity contribution in [2.24, 2.45) is 0 Å². The highest BCUT2D eigenvalue weighted by Gasteiger charge is 2.36. The van der Waals surface area contributed by atoms with Gasteiger partial charge in [0.2, 0.25) is 0 Å². The second kappa shape index (κ2) is 5.57. The molecule has 1 saturated heterocycles. The Morgan fingerprint density at radius 1 is 1.42 bits per heavy atom. The van der Waals surface area contributed by atoms with Crippen molar-refractivity contribution in [1.29, 1.82) is 0 Å². The minimum atomic E-state index is -0.907. The number of piperidine rings is 1.